The van der Waals surface area contributed by atoms with Crippen LogP contribution in [0.25, 0.3) is 0 Å². The lowest BCUT2D eigenvalue weighted by atomic mass is 10.2. The van der Waals surface area contributed by atoms with Crippen LogP contribution in [0.5, 0.6) is 0 Å². The van der Waals surface area contributed by atoms with E-state index < -0.39 is 6.10 Å². The summed E-state index contributed by atoms with van der Waals surface area (Å²) in [6, 6.07) is 3.48. The monoisotopic (exact) mass is 274 g/mol. The second kappa shape index (κ2) is 4.20. The molecule has 0 bridgehead atoms. The van der Waals surface area contributed by atoms with Crippen LogP contribution in [0.15, 0.2) is 26.6 Å². The Hall–Kier alpha value is -0.720. The van der Waals surface area contributed by atoms with Crippen molar-refractivity contribution in [2.75, 3.05) is 0 Å². The first-order valence-electron chi connectivity index (χ1n) is 3.95. The van der Waals surface area contributed by atoms with Crippen LogP contribution in [-0.4, -0.2) is 14.7 Å². The molecule has 14 heavy (non-hydrogen) atoms. The van der Waals surface area contributed by atoms with Gasteiger partial charge in [0.2, 0.25) is 0 Å². The van der Waals surface area contributed by atoms with Gasteiger partial charge < -0.3 is 9.52 Å². The third kappa shape index (κ3) is 2.20. The van der Waals surface area contributed by atoms with Gasteiger partial charge in [0.05, 0.1) is 5.69 Å². The molecule has 0 radical (unpaired) electrons. The predicted octanol–water partition coefficient (Wildman–Crippen LogP) is 2.17. The molecule has 2 heterocycles. The van der Waals surface area contributed by atoms with Crippen molar-refractivity contribution in [2.24, 2.45) is 0 Å². The van der Waals surface area contributed by atoms with E-state index in [-0.39, 0.29) is 0 Å². The molecule has 0 saturated carbocycles. The van der Waals surface area contributed by atoms with Crippen LogP contribution in [0, 0.1) is 0 Å². The Morgan fingerprint density at radius 2 is 2.43 bits per heavy atom. The fourth-order valence-corrected chi connectivity index (χ4v) is 1.86. The fraction of sp³-hybridized carbons (Fsp3) is 0.250. The Morgan fingerprint density at radius 1 is 1.57 bits per heavy atom. The molecule has 1 unspecified atom stereocenters. The summed E-state index contributed by atoms with van der Waals surface area (Å²) in [6.45, 7) is 0. The van der Waals surface area contributed by atoms with Gasteiger partial charge in [0, 0.05) is 11.8 Å². The molecule has 0 spiro atoms. The summed E-state index contributed by atoms with van der Waals surface area (Å²) in [5.41, 5.74) is 0.773. The van der Waals surface area contributed by atoms with Crippen LogP contribution in [0.2, 0.25) is 0 Å². The summed E-state index contributed by atoms with van der Waals surface area (Å²) in [5, 5.41) is 15.4. The third-order valence-corrected chi connectivity index (χ3v) is 2.71. The van der Waals surface area contributed by atoms with Crippen LogP contribution >= 0.6 is 27.5 Å². The Kier molecular flexibility index (Phi) is 2.95. The van der Waals surface area contributed by atoms with Gasteiger partial charge in [0.1, 0.15) is 11.9 Å². The van der Waals surface area contributed by atoms with E-state index in [1.807, 2.05) is 0 Å². The van der Waals surface area contributed by atoms with Gasteiger partial charge in [-0.2, -0.15) is 0 Å². The Bertz CT molecular complexity index is 401. The highest BCUT2D eigenvalue weighted by Gasteiger charge is 2.13. The zero-order valence-electron chi connectivity index (χ0n) is 7.05. The molecule has 0 aromatic carbocycles. The topological polar surface area (TPSA) is 59.2 Å². The number of aliphatic hydroxyl groups is 1. The van der Waals surface area contributed by atoms with E-state index in [1.165, 1.54) is 11.5 Å². The third-order valence-electron chi connectivity index (χ3n) is 1.73. The van der Waals surface area contributed by atoms with Gasteiger partial charge in [-0.05, 0) is 39.6 Å². The molecule has 1 atom stereocenters. The van der Waals surface area contributed by atoms with Gasteiger partial charge in [0.15, 0.2) is 4.67 Å². The molecule has 6 heteroatoms. The minimum absolute atomic E-state index is 0.427. The number of hydrogen-bond acceptors (Lipinski definition) is 5. The maximum absolute atomic E-state index is 9.73. The van der Waals surface area contributed by atoms with Crippen molar-refractivity contribution in [3.63, 3.8) is 0 Å². The summed E-state index contributed by atoms with van der Waals surface area (Å²) in [6.07, 6.45) is -0.235. The molecule has 2 aromatic rings. The first-order valence-corrected chi connectivity index (χ1v) is 5.58. The van der Waals surface area contributed by atoms with E-state index in [0.29, 0.717) is 16.9 Å². The molecule has 0 aliphatic rings. The van der Waals surface area contributed by atoms with Crippen molar-refractivity contribution < 1.29 is 9.52 Å². The molecule has 2 rings (SSSR count). The zero-order valence-corrected chi connectivity index (χ0v) is 9.46. The van der Waals surface area contributed by atoms with Crippen molar-refractivity contribution >= 4 is 27.5 Å². The Morgan fingerprint density at radius 3 is 3.00 bits per heavy atom. The molecule has 0 fully saturated rings. The largest absolute Gasteiger partial charge is 0.452 e. The number of rotatable bonds is 3. The molecule has 0 saturated heterocycles. The summed E-state index contributed by atoms with van der Waals surface area (Å²) in [7, 11) is 0. The lowest BCUT2D eigenvalue weighted by Gasteiger charge is -2.03. The van der Waals surface area contributed by atoms with Crippen molar-refractivity contribution in [3.05, 3.63) is 33.6 Å². The average molecular weight is 275 g/mol. The minimum atomic E-state index is -0.662. The van der Waals surface area contributed by atoms with Crippen molar-refractivity contribution in [2.45, 2.75) is 12.5 Å². The van der Waals surface area contributed by atoms with Crippen LogP contribution in [0.1, 0.15) is 17.6 Å². The predicted molar refractivity (Wildman–Crippen MR) is 55.0 cm³/mol. The number of nitrogens with zero attached hydrogens (tertiary/aromatic N) is 2. The van der Waals surface area contributed by atoms with Crippen molar-refractivity contribution in [3.8, 4) is 0 Å². The maximum Gasteiger partial charge on any atom is 0.169 e. The van der Waals surface area contributed by atoms with E-state index in [9.17, 15) is 5.11 Å². The fourth-order valence-electron chi connectivity index (χ4n) is 1.08. The Balaban J connectivity index is 2.06. The molecule has 1 N–H and O–H groups in total. The number of hydrogen-bond donors (Lipinski definition) is 1. The molecular weight excluding hydrogens is 268 g/mol. The Labute approximate surface area is 92.9 Å². The van der Waals surface area contributed by atoms with Crippen LogP contribution in [0.3, 0.4) is 0 Å². The van der Waals surface area contributed by atoms with Gasteiger partial charge in [-0.3, -0.25) is 0 Å². The summed E-state index contributed by atoms with van der Waals surface area (Å²) >= 11 is 4.44. The molecule has 0 aliphatic heterocycles. The van der Waals surface area contributed by atoms with E-state index in [4.69, 9.17) is 4.42 Å². The number of furan rings is 1. The highest BCUT2D eigenvalue weighted by atomic mass is 79.9. The summed E-state index contributed by atoms with van der Waals surface area (Å²) < 4.78 is 9.54. The van der Waals surface area contributed by atoms with E-state index in [2.05, 4.69) is 25.5 Å². The quantitative estimate of drug-likeness (QED) is 0.932. The van der Waals surface area contributed by atoms with Crippen LogP contribution < -0.4 is 0 Å². The van der Waals surface area contributed by atoms with Gasteiger partial charge in [0.25, 0.3) is 0 Å². The van der Waals surface area contributed by atoms with E-state index >= 15 is 0 Å². The number of aromatic nitrogens is 2. The highest BCUT2D eigenvalue weighted by molar-refractivity contribution is 9.10. The number of halogens is 1. The standard InChI is InChI=1S/C8H7BrN2O2S/c9-8-2-1-7(13-8)6(12)3-5-4-14-11-10-5/h1-2,4,6,12H,3H2. The molecule has 0 aliphatic carbocycles. The van der Waals surface area contributed by atoms with Crippen molar-refractivity contribution in [1.29, 1.82) is 0 Å². The van der Waals surface area contributed by atoms with Crippen LogP contribution in [0.4, 0.5) is 0 Å². The lowest BCUT2D eigenvalue weighted by molar-refractivity contribution is 0.147. The molecule has 0 amide bonds. The zero-order chi connectivity index (χ0) is 9.97. The van der Waals surface area contributed by atoms with Gasteiger partial charge in [-0.15, -0.1) is 5.10 Å². The van der Waals surface area contributed by atoms with E-state index in [0.717, 1.165) is 5.69 Å². The SMILES string of the molecule is OC(Cc1csnn1)c1ccc(Br)o1. The molecular formula is C8H7BrN2O2S. The molecule has 74 valence electrons. The first kappa shape index (κ1) is 9.82. The number of aliphatic hydroxyl groups excluding tert-OH is 1. The first-order chi connectivity index (χ1) is 6.75. The van der Waals surface area contributed by atoms with Gasteiger partial charge in [-0.1, -0.05) is 4.49 Å². The van der Waals surface area contributed by atoms with Crippen LogP contribution in [-0.2, 0) is 6.42 Å². The van der Waals surface area contributed by atoms with E-state index in [1.54, 1.807) is 17.5 Å². The smallest absolute Gasteiger partial charge is 0.169 e. The van der Waals surface area contributed by atoms with Gasteiger partial charge in [-0.25, -0.2) is 0 Å². The summed E-state index contributed by atoms with van der Waals surface area (Å²) in [4.78, 5) is 0. The maximum atomic E-state index is 9.73. The van der Waals surface area contributed by atoms with Gasteiger partial charge >= 0.3 is 0 Å². The highest BCUT2D eigenvalue weighted by Crippen LogP contribution is 2.22. The molecule has 4 nitrogen and oxygen atoms in total. The van der Waals surface area contributed by atoms with Crippen molar-refractivity contribution in [1.82, 2.24) is 9.59 Å². The molecule has 2 aromatic heterocycles. The second-order valence-corrected chi connectivity index (χ2v) is 4.15. The minimum Gasteiger partial charge on any atom is -0.452 e. The summed E-state index contributed by atoms with van der Waals surface area (Å²) in [5.74, 6) is 0.532. The normalized spacial score (nSPS) is 13.0. The lowest BCUT2D eigenvalue weighted by Crippen LogP contribution is -2.00. The second-order valence-electron chi connectivity index (χ2n) is 2.76. The average Bonchev–Trinajstić information content (AvgIpc) is 2.75.